The molecule has 3 aromatic rings. The van der Waals surface area contributed by atoms with Crippen LogP contribution in [0.5, 0.6) is 0 Å². The first-order valence-electron chi connectivity index (χ1n) is 12.6. The van der Waals surface area contributed by atoms with Gasteiger partial charge in [-0.05, 0) is 29.5 Å². The van der Waals surface area contributed by atoms with E-state index in [0.717, 1.165) is 29.0 Å². The summed E-state index contributed by atoms with van der Waals surface area (Å²) in [6, 6.07) is 18.7. The molecule has 36 heavy (non-hydrogen) atoms. The fraction of sp³-hybridized carbons (Fsp3) is 0.429. The second-order valence-corrected chi connectivity index (χ2v) is 10.5. The highest BCUT2D eigenvalue weighted by Gasteiger charge is 2.38. The summed E-state index contributed by atoms with van der Waals surface area (Å²) < 4.78 is 12.1. The van der Waals surface area contributed by atoms with Crippen molar-refractivity contribution < 1.29 is 19.4 Å². The monoisotopic (exact) mass is 507 g/mol. The highest BCUT2D eigenvalue weighted by molar-refractivity contribution is 7.09. The number of benzene rings is 2. The Bertz CT molecular complexity index is 1090. The van der Waals surface area contributed by atoms with Gasteiger partial charge in [0.1, 0.15) is 5.01 Å². The van der Waals surface area contributed by atoms with Gasteiger partial charge in [-0.15, -0.1) is 11.3 Å². The van der Waals surface area contributed by atoms with Crippen LogP contribution in [-0.2, 0) is 27.4 Å². The first-order valence-corrected chi connectivity index (χ1v) is 13.5. The number of nitrogens with one attached hydrogen (secondary N) is 1. The van der Waals surface area contributed by atoms with Gasteiger partial charge in [0.2, 0.25) is 5.91 Å². The molecule has 2 aliphatic rings. The fourth-order valence-corrected chi connectivity index (χ4v) is 5.70. The topological polar surface area (TPSA) is 83.9 Å². The minimum absolute atomic E-state index is 0.00703. The quantitative estimate of drug-likeness (QED) is 0.508. The van der Waals surface area contributed by atoms with Crippen molar-refractivity contribution in [2.24, 2.45) is 0 Å². The summed E-state index contributed by atoms with van der Waals surface area (Å²) in [5, 5.41) is 16.4. The van der Waals surface area contributed by atoms with Crippen LogP contribution >= 0.6 is 11.3 Å². The van der Waals surface area contributed by atoms with E-state index in [2.05, 4.69) is 51.6 Å². The van der Waals surface area contributed by atoms with Crippen molar-refractivity contribution in [1.29, 1.82) is 0 Å². The minimum Gasteiger partial charge on any atom is -0.389 e. The highest BCUT2D eigenvalue weighted by Crippen LogP contribution is 2.29. The Kier molecular flexibility index (Phi) is 8.40. The lowest BCUT2D eigenvalue weighted by molar-refractivity contribution is -0.158. The lowest BCUT2D eigenvalue weighted by atomic mass is 9.94. The molecule has 4 atom stereocenters. The smallest absolute Gasteiger partial charge is 0.222 e. The molecule has 2 aliphatic heterocycles. The first kappa shape index (κ1) is 25.0. The van der Waals surface area contributed by atoms with Gasteiger partial charge >= 0.3 is 0 Å². The molecule has 2 saturated heterocycles. The Labute approximate surface area is 216 Å². The molecular formula is C28H33N3O4S. The van der Waals surface area contributed by atoms with Crippen LogP contribution in [0.4, 0.5) is 0 Å². The highest BCUT2D eigenvalue weighted by atomic mass is 32.1. The van der Waals surface area contributed by atoms with Crippen molar-refractivity contribution in [3.05, 3.63) is 76.7 Å². The van der Waals surface area contributed by atoms with Gasteiger partial charge in [0, 0.05) is 30.7 Å². The maximum Gasteiger partial charge on any atom is 0.222 e. The predicted octanol–water partition coefficient (Wildman–Crippen LogP) is 3.63. The van der Waals surface area contributed by atoms with E-state index in [9.17, 15) is 9.90 Å². The van der Waals surface area contributed by atoms with E-state index in [-0.39, 0.29) is 30.8 Å². The van der Waals surface area contributed by atoms with Crippen molar-refractivity contribution in [3.63, 3.8) is 0 Å². The summed E-state index contributed by atoms with van der Waals surface area (Å²) in [4.78, 5) is 19.4. The first-order chi connectivity index (χ1) is 17.6. The molecule has 8 heteroatoms. The number of rotatable bonds is 7. The Morgan fingerprint density at radius 2 is 1.89 bits per heavy atom. The molecule has 1 aromatic heterocycles. The van der Waals surface area contributed by atoms with Crippen LogP contribution in [0.2, 0.25) is 0 Å². The molecular weight excluding hydrogens is 474 g/mol. The maximum absolute atomic E-state index is 12.7. The number of aromatic nitrogens is 1. The van der Waals surface area contributed by atoms with Gasteiger partial charge in [-0.1, -0.05) is 54.6 Å². The van der Waals surface area contributed by atoms with Gasteiger partial charge in [0.05, 0.1) is 44.5 Å². The largest absolute Gasteiger partial charge is 0.389 e. The number of aliphatic hydroxyl groups is 1. The molecule has 0 radical (unpaired) electrons. The number of hydrogen-bond donors (Lipinski definition) is 2. The van der Waals surface area contributed by atoms with E-state index in [1.807, 2.05) is 29.8 Å². The number of nitrogens with zero attached hydrogens (tertiary/aromatic N) is 2. The molecule has 5 rings (SSSR count). The van der Waals surface area contributed by atoms with Gasteiger partial charge in [0.25, 0.3) is 0 Å². The van der Waals surface area contributed by atoms with Gasteiger partial charge in [-0.2, -0.15) is 0 Å². The summed E-state index contributed by atoms with van der Waals surface area (Å²) in [7, 11) is 0. The van der Waals surface area contributed by atoms with Crippen LogP contribution in [0.15, 0.2) is 66.2 Å². The SMILES string of the molecule is O=C(C[C@H]1CC[C@@H]2[C@H](COC[C@H](O)CN2Cc2nccs2)O1)NCc1ccc(-c2ccccc2)cc1. The molecule has 0 spiro atoms. The molecule has 3 heterocycles. The normalized spacial score (nSPS) is 24.9. The Hall–Kier alpha value is -2.62. The van der Waals surface area contributed by atoms with E-state index >= 15 is 0 Å². The Balaban J connectivity index is 1.13. The summed E-state index contributed by atoms with van der Waals surface area (Å²) in [6.45, 7) is 2.41. The second-order valence-electron chi connectivity index (χ2n) is 9.53. The van der Waals surface area contributed by atoms with E-state index < -0.39 is 6.10 Å². The van der Waals surface area contributed by atoms with Crippen LogP contribution < -0.4 is 5.32 Å². The molecule has 190 valence electrons. The number of amides is 1. The number of hydrogen-bond acceptors (Lipinski definition) is 7. The van der Waals surface area contributed by atoms with Crippen LogP contribution in [0.3, 0.4) is 0 Å². The zero-order valence-electron chi connectivity index (χ0n) is 20.3. The summed E-state index contributed by atoms with van der Waals surface area (Å²) in [5.41, 5.74) is 3.41. The number of aliphatic hydroxyl groups excluding tert-OH is 1. The number of fused-ring (bicyclic) bond motifs is 1. The van der Waals surface area contributed by atoms with Crippen molar-refractivity contribution in [2.75, 3.05) is 19.8 Å². The summed E-state index contributed by atoms with van der Waals surface area (Å²) in [5.74, 6) is -0.00703. The van der Waals surface area contributed by atoms with E-state index in [1.54, 1.807) is 11.3 Å². The number of ether oxygens (including phenoxy) is 2. The molecule has 2 fully saturated rings. The summed E-state index contributed by atoms with van der Waals surface area (Å²) >= 11 is 1.62. The second kappa shape index (κ2) is 12.1. The average molecular weight is 508 g/mol. The van der Waals surface area contributed by atoms with Crippen LogP contribution in [0.25, 0.3) is 11.1 Å². The molecule has 0 aliphatic carbocycles. The molecule has 1 amide bonds. The number of carbonyl (C=O) groups excluding carboxylic acids is 1. The molecule has 0 saturated carbocycles. The number of thiazole rings is 1. The molecule has 7 nitrogen and oxygen atoms in total. The van der Waals surface area contributed by atoms with E-state index in [1.165, 1.54) is 5.56 Å². The zero-order chi connectivity index (χ0) is 24.7. The molecule has 2 aromatic carbocycles. The van der Waals surface area contributed by atoms with Crippen molar-refractivity contribution >= 4 is 17.2 Å². The van der Waals surface area contributed by atoms with Crippen LogP contribution in [0.1, 0.15) is 29.8 Å². The molecule has 2 N–H and O–H groups in total. The van der Waals surface area contributed by atoms with Crippen LogP contribution in [0, 0.1) is 0 Å². The van der Waals surface area contributed by atoms with Crippen molar-refractivity contribution in [2.45, 2.75) is 56.7 Å². The van der Waals surface area contributed by atoms with Crippen molar-refractivity contribution in [1.82, 2.24) is 15.2 Å². The van der Waals surface area contributed by atoms with E-state index in [0.29, 0.717) is 32.7 Å². The third-order valence-corrected chi connectivity index (χ3v) is 7.64. The van der Waals surface area contributed by atoms with Crippen molar-refractivity contribution in [3.8, 4) is 11.1 Å². The molecule has 0 bridgehead atoms. The maximum atomic E-state index is 12.7. The van der Waals surface area contributed by atoms with Gasteiger partial charge in [-0.25, -0.2) is 4.98 Å². The zero-order valence-corrected chi connectivity index (χ0v) is 21.1. The van der Waals surface area contributed by atoms with Gasteiger partial charge < -0.3 is 19.9 Å². The van der Waals surface area contributed by atoms with Gasteiger partial charge in [-0.3, -0.25) is 9.69 Å². The predicted molar refractivity (Wildman–Crippen MR) is 139 cm³/mol. The minimum atomic E-state index is -0.531. The Morgan fingerprint density at radius 1 is 1.08 bits per heavy atom. The lowest BCUT2D eigenvalue weighted by Crippen LogP contribution is -2.55. The number of β-amino-alcohol motifs (C(OH)–C–C–N with tert-alkyl or cyclic N) is 1. The lowest BCUT2D eigenvalue weighted by Gasteiger charge is -2.44. The summed E-state index contributed by atoms with van der Waals surface area (Å²) in [6.07, 6.45) is 3.04. The molecule has 0 unspecified atom stereocenters. The Morgan fingerprint density at radius 3 is 2.67 bits per heavy atom. The third kappa shape index (κ3) is 6.57. The third-order valence-electron chi connectivity index (χ3n) is 6.87. The average Bonchev–Trinajstić information content (AvgIpc) is 3.40. The standard InChI is InChI=1S/C28H33N3O4S/c32-23-16-31(17-28-29-12-13-36-28)25-11-10-24(35-26(25)19-34-18-23)14-27(33)30-15-20-6-8-22(9-7-20)21-4-2-1-3-5-21/h1-9,12-13,23-26,32H,10-11,14-19H2,(H,30,33)/t23-,24-,25-,26+/m1/s1. The fourth-order valence-electron chi connectivity index (χ4n) is 5.06. The number of carbonyl (C=O) groups is 1. The van der Waals surface area contributed by atoms with Gasteiger partial charge in [0.15, 0.2) is 0 Å². The van der Waals surface area contributed by atoms with Crippen LogP contribution in [-0.4, -0.2) is 65.0 Å². The van der Waals surface area contributed by atoms with E-state index in [4.69, 9.17) is 9.47 Å².